The number of benzene rings is 4. The standard InChI is InChI=1S/C29H24Si.2CH3.Zr/c1-30(2,29-16-8-15-26-24-13-6-4-10-21(24)18-28(26)29)19-22-11-7-14-25-23-12-5-3-9-20(23)17-27(22)25;;;/h3-18H,19H2,1-2H3;2*1H3;/q-2;2*-1;+4. The van der Waals surface area contributed by atoms with E-state index in [1.54, 1.807) is 5.19 Å². The molecule has 0 fully saturated rings. The topological polar surface area (TPSA) is 0 Å². The normalized spacial score (nSPS) is 11.3. The molecule has 0 unspecified atom stereocenters. The third kappa shape index (κ3) is 4.09. The molecule has 6 aromatic rings. The molecule has 0 saturated heterocycles. The Kier molecular flexibility index (Phi) is 7.32. The maximum atomic E-state index is 2.53. The molecule has 0 aliphatic heterocycles. The summed E-state index contributed by atoms with van der Waals surface area (Å²) in [6.07, 6.45) is 0. The first-order valence-corrected chi connectivity index (χ1v) is 14.0. The first-order valence-electron chi connectivity index (χ1n) is 10.8. The molecule has 0 amide bonds. The third-order valence-electron chi connectivity index (χ3n) is 6.77. The molecule has 0 aromatic heterocycles. The van der Waals surface area contributed by atoms with Gasteiger partial charge in [0.2, 0.25) is 0 Å². The Morgan fingerprint density at radius 3 is 1.70 bits per heavy atom. The minimum Gasteiger partial charge on any atom is -0.358 e. The fraction of sp³-hybridized carbons (Fsp3) is 0.0968. The molecule has 0 nitrogen and oxygen atoms in total. The van der Waals surface area contributed by atoms with Gasteiger partial charge in [-0.2, -0.15) is 0 Å². The summed E-state index contributed by atoms with van der Waals surface area (Å²) >= 11 is 0. The van der Waals surface area contributed by atoms with E-state index < -0.39 is 8.07 Å². The number of hydrogen-bond donors (Lipinski definition) is 0. The van der Waals surface area contributed by atoms with Crippen LogP contribution in [0, 0.1) is 14.9 Å². The second-order valence-corrected chi connectivity index (χ2v) is 13.8. The first-order chi connectivity index (χ1) is 14.6. The Morgan fingerprint density at radius 1 is 0.576 bits per heavy atom. The number of hydrogen-bond acceptors (Lipinski definition) is 0. The summed E-state index contributed by atoms with van der Waals surface area (Å²) in [6, 6.07) is 37.3. The van der Waals surface area contributed by atoms with E-state index in [-0.39, 0.29) is 41.1 Å². The van der Waals surface area contributed by atoms with Crippen LogP contribution in [0.4, 0.5) is 0 Å². The molecular formula is C31H30SiZr. The summed E-state index contributed by atoms with van der Waals surface area (Å²) in [5.74, 6) is 0. The summed E-state index contributed by atoms with van der Waals surface area (Å²) < 4.78 is 0. The summed E-state index contributed by atoms with van der Waals surface area (Å²) in [7, 11) is -1.71. The average molecular weight is 522 g/mol. The fourth-order valence-corrected chi connectivity index (χ4v) is 8.27. The molecule has 0 spiro atoms. The molecule has 0 aliphatic rings. The second-order valence-electron chi connectivity index (χ2n) is 9.17. The van der Waals surface area contributed by atoms with Crippen LogP contribution in [0.25, 0.3) is 43.1 Å². The molecule has 0 bridgehead atoms. The molecule has 0 saturated carbocycles. The van der Waals surface area contributed by atoms with Gasteiger partial charge in [0.1, 0.15) is 0 Å². The van der Waals surface area contributed by atoms with E-state index in [0.29, 0.717) is 0 Å². The van der Waals surface area contributed by atoms with Crippen LogP contribution in [-0.2, 0) is 32.2 Å². The van der Waals surface area contributed by atoms with Crippen molar-refractivity contribution in [2.75, 3.05) is 0 Å². The van der Waals surface area contributed by atoms with Gasteiger partial charge in [0.25, 0.3) is 0 Å². The zero-order valence-corrected chi connectivity index (χ0v) is 23.4. The number of rotatable bonds is 3. The zero-order valence-electron chi connectivity index (χ0n) is 19.9. The quantitative estimate of drug-likeness (QED) is 0.162. The summed E-state index contributed by atoms with van der Waals surface area (Å²) in [5, 5.41) is 12.7. The van der Waals surface area contributed by atoms with Crippen molar-refractivity contribution in [2.45, 2.75) is 19.1 Å². The maximum absolute atomic E-state index is 2.53. The fourth-order valence-electron chi connectivity index (χ4n) is 5.34. The largest absolute Gasteiger partial charge is 4.00 e. The molecular weight excluding hydrogens is 492 g/mol. The molecule has 0 aliphatic carbocycles. The summed E-state index contributed by atoms with van der Waals surface area (Å²) in [5.41, 5.74) is 1.49. The third-order valence-corrected chi connectivity index (χ3v) is 9.92. The van der Waals surface area contributed by atoms with Crippen LogP contribution in [0.3, 0.4) is 0 Å². The van der Waals surface area contributed by atoms with Gasteiger partial charge in [0.05, 0.1) is 0 Å². The molecule has 0 radical (unpaired) electrons. The van der Waals surface area contributed by atoms with Gasteiger partial charge in [-0.05, 0) is 0 Å². The van der Waals surface area contributed by atoms with E-state index in [2.05, 4.69) is 110 Å². The minimum absolute atomic E-state index is 0. The van der Waals surface area contributed by atoms with E-state index in [4.69, 9.17) is 0 Å². The molecule has 0 N–H and O–H groups in total. The van der Waals surface area contributed by atoms with Gasteiger partial charge in [-0.3, -0.25) is 0 Å². The zero-order chi connectivity index (χ0) is 20.3. The van der Waals surface area contributed by atoms with Crippen LogP contribution in [0.5, 0.6) is 0 Å². The van der Waals surface area contributed by atoms with Crippen LogP contribution >= 0.6 is 0 Å². The molecule has 2 heteroatoms. The smallest absolute Gasteiger partial charge is 0.358 e. The van der Waals surface area contributed by atoms with Gasteiger partial charge >= 0.3 is 26.2 Å². The predicted octanol–water partition coefficient (Wildman–Crippen LogP) is 8.33. The number of fused-ring (bicyclic) bond motifs is 6. The van der Waals surface area contributed by atoms with Crippen LogP contribution in [0.15, 0.2) is 97.1 Å². The van der Waals surface area contributed by atoms with E-state index >= 15 is 0 Å². The monoisotopic (exact) mass is 520 g/mol. The SMILES string of the molecule is C[Si](C)(Cc1cccc2c1[cH-]c1ccccc12)c1cccc2c1[cH-]c1ccccc12.[CH3-].[CH3-].[Zr+4]. The predicted molar refractivity (Wildman–Crippen MR) is 148 cm³/mol. The molecule has 6 rings (SSSR count). The average Bonchev–Trinajstić information content (AvgIpc) is 3.32. The summed E-state index contributed by atoms with van der Waals surface area (Å²) in [6.45, 7) is 5.06. The van der Waals surface area contributed by atoms with Gasteiger partial charge in [-0.1, -0.05) is 91.9 Å². The molecule has 162 valence electrons. The Labute approximate surface area is 218 Å². The maximum Gasteiger partial charge on any atom is 4.00 e. The Balaban J connectivity index is 0.00000102. The van der Waals surface area contributed by atoms with Gasteiger partial charge in [0, 0.05) is 8.07 Å². The molecule has 33 heavy (non-hydrogen) atoms. The van der Waals surface area contributed by atoms with Crippen molar-refractivity contribution >= 4 is 56.4 Å². The van der Waals surface area contributed by atoms with Crippen molar-refractivity contribution in [1.29, 1.82) is 0 Å². The van der Waals surface area contributed by atoms with E-state index in [9.17, 15) is 0 Å². The van der Waals surface area contributed by atoms with Gasteiger partial charge in [-0.15, -0.1) is 78.1 Å². The van der Waals surface area contributed by atoms with Crippen LogP contribution < -0.4 is 5.19 Å². The molecule has 0 heterocycles. The van der Waals surface area contributed by atoms with Crippen LogP contribution in [0.2, 0.25) is 13.1 Å². The first kappa shape index (κ1) is 25.3. The Morgan fingerprint density at radius 2 is 1.06 bits per heavy atom. The second kappa shape index (κ2) is 9.53. The van der Waals surface area contributed by atoms with Crippen molar-refractivity contribution in [1.82, 2.24) is 0 Å². The van der Waals surface area contributed by atoms with Gasteiger partial charge in [-0.25, -0.2) is 0 Å². The van der Waals surface area contributed by atoms with Crippen molar-refractivity contribution in [3.8, 4) is 0 Å². The van der Waals surface area contributed by atoms with E-state index in [0.717, 1.165) is 6.04 Å². The Bertz CT molecular complexity index is 1550. The van der Waals surface area contributed by atoms with Crippen LogP contribution in [-0.4, -0.2) is 8.07 Å². The summed E-state index contributed by atoms with van der Waals surface area (Å²) in [4.78, 5) is 0. The van der Waals surface area contributed by atoms with Gasteiger partial charge in [0.15, 0.2) is 0 Å². The van der Waals surface area contributed by atoms with Crippen molar-refractivity contribution < 1.29 is 26.2 Å². The molecule has 6 aromatic carbocycles. The van der Waals surface area contributed by atoms with E-state index in [1.807, 2.05) is 0 Å². The van der Waals surface area contributed by atoms with Crippen LogP contribution in [0.1, 0.15) is 5.56 Å². The van der Waals surface area contributed by atoms with E-state index in [1.165, 1.54) is 48.7 Å². The minimum atomic E-state index is -1.71. The van der Waals surface area contributed by atoms with Crippen molar-refractivity contribution in [3.63, 3.8) is 0 Å². The van der Waals surface area contributed by atoms with Crippen molar-refractivity contribution in [3.05, 3.63) is 117 Å². The molecule has 0 atom stereocenters. The Hall–Kier alpha value is -2.28. The van der Waals surface area contributed by atoms with Gasteiger partial charge < -0.3 is 14.9 Å². The van der Waals surface area contributed by atoms with Crippen molar-refractivity contribution in [2.24, 2.45) is 0 Å².